The quantitative estimate of drug-likeness (QED) is 0.254. The Kier molecular flexibility index (Phi) is 14.9. The van der Waals surface area contributed by atoms with E-state index in [0.717, 1.165) is 6.08 Å². The second kappa shape index (κ2) is 16.8. The van der Waals surface area contributed by atoms with Crippen LogP contribution in [0.3, 0.4) is 0 Å². The fourth-order valence-corrected chi connectivity index (χ4v) is 4.78. The van der Waals surface area contributed by atoms with E-state index in [0.29, 0.717) is 12.0 Å². The molecule has 1 aliphatic carbocycles. The molecule has 0 aromatic carbocycles. The Balaban J connectivity index is 0.00000840. The molecule has 1 aliphatic heterocycles. The van der Waals surface area contributed by atoms with E-state index < -0.39 is 53.9 Å². The van der Waals surface area contributed by atoms with Gasteiger partial charge in [0.25, 0.3) is 5.91 Å². The van der Waals surface area contributed by atoms with E-state index in [9.17, 15) is 24.3 Å². The Hall–Kier alpha value is -2.54. The first-order chi connectivity index (χ1) is 18.8. The number of hydrogen-bond acceptors (Lipinski definition) is 9. The number of hydrogen-bond donors (Lipinski definition) is 3. The van der Waals surface area contributed by atoms with Crippen LogP contribution >= 0.6 is 0 Å². The molecule has 222 valence electrons. The number of ether oxygens (including phenoxy) is 4. The maximum atomic E-state index is 13.3. The van der Waals surface area contributed by atoms with Gasteiger partial charge in [0, 0.05) is 37.4 Å². The van der Waals surface area contributed by atoms with Gasteiger partial charge in [-0.3, -0.25) is 14.4 Å². The van der Waals surface area contributed by atoms with Crippen LogP contribution < -0.4 is 11.1 Å². The number of Topliss-reactive ketones (excluding diaryl/α,β-unsaturated/α-hetero) is 1. The molecule has 2 rings (SSSR count). The second-order valence-corrected chi connectivity index (χ2v) is 10.1. The number of fused-ring (bicyclic) bond motifs is 2. The minimum atomic E-state index is -1.00. The van der Waals surface area contributed by atoms with Crippen LogP contribution in [0, 0.1) is 11.8 Å². The van der Waals surface area contributed by atoms with Crippen LogP contribution in [0.4, 0.5) is 4.79 Å². The molecule has 2 aliphatic rings. The van der Waals surface area contributed by atoms with Gasteiger partial charge in [-0.25, -0.2) is 4.79 Å². The molecular formula is C29H41N2NaO9. The van der Waals surface area contributed by atoms with Gasteiger partial charge in [0.2, 0.25) is 11.6 Å². The molecule has 2 amide bonds. The van der Waals surface area contributed by atoms with E-state index in [1.807, 2.05) is 6.92 Å². The predicted octanol–water partition coefficient (Wildman–Crippen LogP) is 1.76. The number of methoxy groups -OCH3 is 3. The zero-order valence-corrected chi connectivity index (χ0v) is 24.1. The van der Waals surface area contributed by atoms with Crippen molar-refractivity contribution < 1.29 is 43.2 Å². The second-order valence-electron chi connectivity index (χ2n) is 10.1. The van der Waals surface area contributed by atoms with Crippen LogP contribution in [0.25, 0.3) is 0 Å². The number of allylic oxidation sites excluding steroid dienone is 4. The SMILES string of the molecule is COC1=C2C[C@@H](C)C[C@H](OC)[C@H](O)[C@@H](C)/C=C(\C)[C@H](OC(N)=O)[C@@H](OC)/C=C\C=C(/C)C(=O)NC(=CC1=O)C2=O.[NaH]. The number of aliphatic hydroxyl groups is 1. The number of rotatable bonds is 4. The molecule has 0 aromatic heterocycles. The molecule has 0 fully saturated rings. The third-order valence-electron chi connectivity index (χ3n) is 6.95. The first-order valence-corrected chi connectivity index (χ1v) is 13.0. The Morgan fingerprint density at radius 1 is 1.10 bits per heavy atom. The Bertz CT molecular complexity index is 1150. The minimum absolute atomic E-state index is 0. The van der Waals surface area contributed by atoms with E-state index in [4.69, 9.17) is 24.7 Å². The van der Waals surface area contributed by atoms with Gasteiger partial charge < -0.3 is 35.1 Å². The van der Waals surface area contributed by atoms with Crippen LogP contribution in [0.15, 0.2) is 58.6 Å². The van der Waals surface area contributed by atoms with Crippen LogP contribution in [0.5, 0.6) is 0 Å². The number of nitrogens with one attached hydrogen (secondary N) is 1. The van der Waals surface area contributed by atoms with Crippen molar-refractivity contribution in [3.05, 3.63) is 58.6 Å². The zero-order chi connectivity index (χ0) is 30.1. The number of aliphatic hydroxyl groups excluding tert-OH is 1. The fourth-order valence-electron chi connectivity index (χ4n) is 4.78. The summed E-state index contributed by atoms with van der Waals surface area (Å²) < 4.78 is 21.7. The Labute approximate surface area is 263 Å². The van der Waals surface area contributed by atoms with Crippen molar-refractivity contribution in [3.8, 4) is 0 Å². The average Bonchev–Trinajstić information content (AvgIpc) is 2.90. The number of carbonyl (C=O) groups excluding carboxylic acids is 4. The van der Waals surface area contributed by atoms with Crippen LogP contribution in [0.2, 0.25) is 0 Å². The molecule has 6 atom stereocenters. The molecule has 2 bridgehead atoms. The fraction of sp³-hybridized carbons (Fsp3) is 0.517. The zero-order valence-electron chi connectivity index (χ0n) is 24.1. The number of ketones is 2. The van der Waals surface area contributed by atoms with Gasteiger partial charge in [0.05, 0.1) is 25.0 Å². The van der Waals surface area contributed by atoms with E-state index in [1.54, 1.807) is 32.1 Å². The molecule has 11 nitrogen and oxygen atoms in total. The summed E-state index contributed by atoms with van der Waals surface area (Å²) >= 11 is 0. The van der Waals surface area contributed by atoms with Gasteiger partial charge in [0.15, 0.2) is 11.9 Å². The van der Waals surface area contributed by atoms with Crippen LogP contribution in [-0.4, -0.2) is 104 Å². The molecule has 41 heavy (non-hydrogen) atoms. The van der Waals surface area contributed by atoms with Gasteiger partial charge >= 0.3 is 35.7 Å². The van der Waals surface area contributed by atoms with E-state index in [-0.39, 0.29) is 64.5 Å². The van der Waals surface area contributed by atoms with Crippen molar-refractivity contribution in [3.63, 3.8) is 0 Å². The first-order valence-electron chi connectivity index (χ1n) is 13.0. The molecule has 1 heterocycles. The third-order valence-corrected chi connectivity index (χ3v) is 6.95. The topological polar surface area (TPSA) is 163 Å². The van der Waals surface area contributed by atoms with Crippen LogP contribution in [-0.2, 0) is 33.3 Å². The summed E-state index contributed by atoms with van der Waals surface area (Å²) in [6, 6.07) is 0. The molecule has 0 saturated carbocycles. The van der Waals surface area contributed by atoms with Crippen molar-refractivity contribution in [1.82, 2.24) is 5.32 Å². The molecule has 0 spiro atoms. The Morgan fingerprint density at radius 2 is 1.76 bits per heavy atom. The van der Waals surface area contributed by atoms with Crippen molar-refractivity contribution in [2.75, 3.05) is 21.3 Å². The van der Waals surface area contributed by atoms with Gasteiger partial charge in [0.1, 0.15) is 6.10 Å². The van der Waals surface area contributed by atoms with Crippen molar-refractivity contribution in [2.45, 2.75) is 65.0 Å². The monoisotopic (exact) mass is 584 g/mol. The van der Waals surface area contributed by atoms with Crippen molar-refractivity contribution >= 4 is 53.1 Å². The van der Waals surface area contributed by atoms with E-state index in [2.05, 4.69) is 5.32 Å². The molecule has 0 aromatic rings. The summed E-state index contributed by atoms with van der Waals surface area (Å²) in [7, 11) is 4.21. The van der Waals surface area contributed by atoms with Crippen molar-refractivity contribution in [1.29, 1.82) is 0 Å². The normalized spacial score (nSPS) is 31.9. The molecule has 0 saturated heterocycles. The summed E-state index contributed by atoms with van der Waals surface area (Å²) in [6.45, 7) is 6.92. The third kappa shape index (κ3) is 9.76. The van der Waals surface area contributed by atoms with Gasteiger partial charge in [-0.05, 0) is 38.2 Å². The summed E-state index contributed by atoms with van der Waals surface area (Å²) in [5.74, 6) is -2.39. The molecule has 4 N–H and O–H groups in total. The maximum absolute atomic E-state index is 13.3. The summed E-state index contributed by atoms with van der Waals surface area (Å²) in [5, 5.41) is 13.7. The summed E-state index contributed by atoms with van der Waals surface area (Å²) in [5.41, 5.74) is 6.12. The summed E-state index contributed by atoms with van der Waals surface area (Å²) in [6.07, 6.45) is 3.61. The standard InChI is InChI=1S/C29H40N2O9.Na.H/c1-15-11-19-25(34)20(14-21(32)27(19)39-7)31-28(35)16(2)9-8-10-22(37-5)26(40-29(30)36)18(4)13-17(3)24(33)23(12-15)38-6;;/h8-10,13-15,17,22-24,26,33H,11-12H2,1-7H3,(H2,30,36)(H,31,35);;/b10-8-,16-9+,18-13+;;/t15-,17+,22+,23+,24-,26+;;/m1../s1. The number of primary amides is 1. The molecule has 0 unspecified atom stereocenters. The molecular weight excluding hydrogens is 543 g/mol. The van der Waals surface area contributed by atoms with E-state index in [1.165, 1.54) is 34.3 Å². The van der Waals surface area contributed by atoms with Gasteiger partial charge in [-0.15, -0.1) is 0 Å². The van der Waals surface area contributed by atoms with Crippen LogP contribution in [0.1, 0.15) is 40.5 Å². The van der Waals surface area contributed by atoms with Gasteiger partial charge in [-0.1, -0.05) is 38.2 Å². The molecule has 0 radical (unpaired) electrons. The number of amides is 2. The number of carbonyl (C=O) groups is 4. The van der Waals surface area contributed by atoms with Gasteiger partial charge in [-0.2, -0.15) is 0 Å². The van der Waals surface area contributed by atoms with E-state index >= 15 is 0 Å². The average molecular weight is 585 g/mol. The van der Waals surface area contributed by atoms with Crippen molar-refractivity contribution in [2.24, 2.45) is 17.6 Å². The Morgan fingerprint density at radius 3 is 2.32 bits per heavy atom. The molecule has 12 heteroatoms. The number of nitrogens with two attached hydrogens (primary N) is 1. The first kappa shape index (κ1) is 36.5. The summed E-state index contributed by atoms with van der Waals surface area (Å²) in [4.78, 5) is 50.6. The predicted molar refractivity (Wildman–Crippen MR) is 154 cm³/mol.